The Balaban J connectivity index is 1.45. The number of hydrogen-bond acceptors (Lipinski definition) is 6. The third kappa shape index (κ3) is 8.37. The van der Waals surface area contributed by atoms with Crippen LogP contribution in [0.3, 0.4) is 0 Å². The molecule has 0 radical (unpaired) electrons. The highest BCUT2D eigenvalue weighted by Crippen LogP contribution is 2.33. The molecule has 0 atom stereocenters. The molecule has 10 heteroatoms. The number of nitrogens with zero attached hydrogens (tertiary/aromatic N) is 3. The number of fused-ring (bicyclic) bond motifs is 1. The van der Waals surface area contributed by atoms with Crippen molar-refractivity contribution in [3.63, 3.8) is 0 Å². The molecule has 1 amide bonds. The van der Waals surface area contributed by atoms with E-state index in [0.717, 1.165) is 30.5 Å². The van der Waals surface area contributed by atoms with Gasteiger partial charge in [0, 0.05) is 44.8 Å². The molecule has 0 saturated carbocycles. The summed E-state index contributed by atoms with van der Waals surface area (Å²) >= 11 is 0. The predicted octanol–water partition coefficient (Wildman–Crippen LogP) is 5.11. The third-order valence-corrected chi connectivity index (χ3v) is 6.99. The third-order valence-electron chi connectivity index (χ3n) is 6.99. The highest BCUT2D eigenvalue weighted by atomic mass is 19.4. The SMILES string of the molecule is COc1ccc(CN2CCOc3c(cccc3NCC(=O)N(CCN(C)C)Cc3ccccc3C(F)(F)F)C2)cc1. The van der Waals surface area contributed by atoms with Crippen LogP contribution in [0.2, 0.25) is 0 Å². The number of halogens is 3. The molecule has 0 bridgehead atoms. The standard InChI is InChI=1S/C31H37F3N4O3/c1-36(2)15-16-38(22-24-7-4-5-9-27(24)31(32,33)34)29(39)19-35-28-10-6-8-25-21-37(17-18-41-30(25)28)20-23-11-13-26(40-3)14-12-23/h4-14,35H,15-22H2,1-3H3. The number of hydrogen-bond donors (Lipinski definition) is 1. The molecule has 1 aliphatic rings. The molecule has 0 unspecified atom stereocenters. The first-order chi connectivity index (χ1) is 19.6. The Morgan fingerprint density at radius 3 is 2.49 bits per heavy atom. The van der Waals surface area contributed by atoms with E-state index in [0.29, 0.717) is 37.7 Å². The van der Waals surface area contributed by atoms with Gasteiger partial charge >= 0.3 is 6.18 Å². The molecule has 0 saturated heterocycles. The maximum absolute atomic E-state index is 13.6. The van der Waals surface area contributed by atoms with Crippen LogP contribution in [0, 0.1) is 0 Å². The van der Waals surface area contributed by atoms with Crippen molar-refractivity contribution in [2.24, 2.45) is 0 Å². The molecule has 3 aromatic carbocycles. The summed E-state index contributed by atoms with van der Waals surface area (Å²) in [6.45, 7) is 3.26. The van der Waals surface area contributed by atoms with Gasteiger partial charge in [-0.25, -0.2) is 0 Å². The molecule has 1 heterocycles. The molecule has 220 valence electrons. The van der Waals surface area contributed by atoms with E-state index in [1.54, 1.807) is 13.2 Å². The lowest BCUT2D eigenvalue weighted by Crippen LogP contribution is -2.39. The monoisotopic (exact) mass is 570 g/mol. The quantitative estimate of drug-likeness (QED) is 0.346. The van der Waals surface area contributed by atoms with Crippen LogP contribution < -0.4 is 14.8 Å². The van der Waals surface area contributed by atoms with Crippen molar-refractivity contribution >= 4 is 11.6 Å². The molecule has 0 spiro atoms. The lowest BCUT2D eigenvalue weighted by Gasteiger charge is -2.26. The van der Waals surface area contributed by atoms with Crippen LogP contribution in [0.1, 0.15) is 22.3 Å². The molecular weight excluding hydrogens is 533 g/mol. The number of amides is 1. The first-order valence-electron chi connectivity index (χ1n) is 13.6. The van der Waals surface area contributed by atoms with Crippen molar-refractivity contribution in [2.75, 3.05) is 59.3 Å². The number of likely N-dealkylation sites (N-methyl/N-ethyl adjacent to an activating group) is 1. The minimum absolute atomic E-state index is 0.0703. The van der Waals surface area contributed by atoms with E-state index >= 15 is 0 Å². The molecule has 4 rings (SSSR count). The molecule has 3 aromatic rings. The van der Waals surface area contributed by atoms with E-state index < -0.39 is 11.7 Å². The first-order valence-corrected chi connectivity index (χ1v) is 13.6. The number of carbonyl (C=O) groups excluding carboxylic acids is 1. The summed E-state index contributed by atoms with van der Waals surface area (Å²) < 4.78 is 52.2. The number of benzene rings is 3. The van der Waals surface area contributed by atoms with Crippen molar-refractivity contribution in [1.82, 2.24) is 14.7 Å². The Bertz CT molecular complexity index is 1300. The Labute approximate surface area is 239 Å². The second kappa shape index (κ2) is 13.7. The van der Waals surface area contributed by atoms with E-state index in [4.69, 9.17) is 9.47 Å². The largest absolute Gasteiger partial charge is 0.497 e. The topological polar surface area (TPSA) is 57.3 Å². The maximum atomic E-state index is 13.6. The number of carbonyl (C=O) groups is 1. The molecule has 1 aliphatic heterocycles. The highest BCUT2D eigenvalue weighted by Gasteiger charge is 2.33. The Morgan fingerprint density at radius 1 is 1.02 bits per heavy atom. The lowest BCUT2D eigenvalue weighted by molar-refractivity contribution is -0.139. The van der Waals surface area contributed by atoms with E-state index in [1.165, 1.54) is 22.6 Å². The van der Waals surface area contributed by atoms with E-state index in [2.05, 4.69) is 10.2 Å². The van der Waals surface area contributed by atoms with Crippen LogP contribution in [0.4, 0.5) is 18.9 Å². The van der Waals surface area contributed by atoms with Gasteiger partial charge in [0.2, 0.25) is 5.91 Å². The van der Waals surface area contributed by atoms with Gasteiger partial charge in [-0.1, -0.05) is 42.5 Å². The van der Waals surface area contributed by atoms with Gasteiger partial charge < -0.3 is 24.6 Å². The zero-order valence-corrected chi connectivity index (χ0v) is 23.7. The first kappa shape index (κ1) is 30.2. The summed E-state index contributed by atoms with van der Waals surface area (Å²) in [5, 5.41) is 3.19. The van der Waals surface area contributed by atoms with Crippen molar-refractivity contribution in [3.8, 4) is 11.5 Å². The highest BCUT2D eigenvalue weighted by molar-refractivity contribution is 5.81. The smallest absolute Gasteiger partial charge is 0.416 e. The van der Waals surface area contributed by atoms with Crippen LogP contribution in [0.5, 0.6) is 11.5 Å². The summed E-state index contributed by atoms with van der Waals surface area (Å²) in [7, 11) is 5.36. The van der Waals surface area contributed by atoms with Crippen LogP contribution in [0.25, 0.3) is 0 Å². The fourth-order valence-electron chi connectivity index (χ4n) is 4.78. The van der Waals surface area contributed by atoms with Gasteiger partial charge in [0.05, 0.1) is 24.9 Å². The molecular formula is C31H37F3N4O3. The van der Waals surface area contributed by atoms with Crippen molar-refractivity contribution < 1.29 is 27.4 Å². The molecule has 1 N–H and O–H groups in total. The van der Waals surface area contributed by atoms with Gasteiger partial charge in [-0.2, -0.15) is 13.2 Å². The number of nitrogens with one attached hydrogen (secondary N) is 1. The fraction of sp³-hybridized carbons (Fsp3) is 0.387. The van der Waals surface area contributed by atoms with Gasteiger partial charge in [0.1, 0.15) is 18.1 Å². The van der Waals surface area contributed by atoms with Crippen molar-refractivity contribution in [1.29, 1.82) is 0 Å². The van der Waals surface area contributed by atoms with Crippen LogP contribution in [-0.2, 0) is 30.6 Å². The average Bonchev–Trinajstić information content (AvgIpc) is 3.16. The van der Waals surface area contributed by atoms with Gasteiger partial charge in [-0.05, 0) is 49.5 Å². The molecule has 0 aromatic heterocycles. The predicted molar refractivity (Wildman–Crippen MR) is 153 cm³/mol. The van der Waals surface area contributed by atoms with Gasteiger partial charge in [-0.15, -0.1) is 0 Å². The van der Waals surface area contributed by atoms with Crippen LogP contribution >= 0.6 is 0 Å². The normalized spacial score (nSPS) is 13.7. The van der Waals surface area contributed by atoms with Crippen LogP contribution in [-0.4, -0.2) is 74.6 Å². The van der Waals surface area contributed by atoms with Gasteiger partial charge in [-0.3, -0.25) is 9.69 Å². The second-order valence-electron chi connectivity index (χ2n) is 10.3. The zero-order valence-electron chi connectivity index (χ0n) is 23.7. The van der Waals surface area contributed by atoms with E-state index in [9.17, 15) is 18.0 Å². The molecule has 7 nitrogen and oxygen atoms in total. The number of anilines is 1. The lowest BCUT2D eigenvalue weighted by atomic mass is 10.1. The number of methoxy groups -OCH3 is 1. The summed E-state index contributed by atoms with van der Waals surface area (Å²) in [6, 6.07) is 19.2. The fourth-order valence-corrected chi connectivity index (χ4v) is 4.78. The average molecular weight is 571 g/mol. The van der Waals surface area contributed by atoms with E-state index in [-0.39, 0.29) is 24.6 Å². The number of rotatable bonds is 11. The van der Waals surface area contributed by atoms with Crippen molar-refractivity contribution in [3.05, 3.63) is 89.0 Å². The summed E-state index contributed by atoms with van der Waals surface area (Å²) in [6.07, 6.45) is -4.49. The second-order valence-corrected chi connectivity index (χ2v) is 10.3. The van der Waals surface area contributed by atoms with E-state index in [1.807, 2.05) is 61.5 Å². The number of alkyl halides is 3. The van der Waals surface area contributed by atoms with Gasteiger partial charge in [0.15, 0.2) is 0 Å². The maximum Gasteiger partial charge on any atom is 0.416 e. The molecule has 0 aliphatic carbocycles. The van der Waals surface area contributed by atoms with Gasteiger partial charge in [0.25, 0.3) is 0 Å². The Hall–Kier alpha value is -3.76. The Kier molecular flexibility index (Phi) is 10.1. The van der Waals surface area contributed by atoms with Crippen LogP contribution in [0.15, 0.2) is 66.7 Å². The summed E-state index contributed by atoms with van der Waals surface area (Å²) in [4.78, 5) is 19.0. The Morgan fingerprint density at radius 2 is 1.78 bits per heavy atom. The van der Waals surface area contributed by atoms with Crippen molar-refractivity contribution in [2.45, 2.75) is 25.8 Å². The summed E-state index contributed by atoms with van der Waals surface area (Å²) in [5.74, 6) is 1.21. The molecule has 0 fully saturated rings. The minimum atomic E-state index is -4.49. The minimum Gasteiger partial charge on any atom is -0.497 e. The number of para-hydroxylation sites is 1. The number of ether oxygens (including phenoxy) is 2. The molecule has 41 heavy (non-hydrogen) atoms. The summed E-state index contributed by atoms with van der Waals surface area (Å²) in [5.41, 5.74) is 2.19. The zero-order chi connectivity index (χ0) is 29.4.